The summed E-state index contributed by atoms with van der Waals surface area (Å²) >= 11 is 0. The lowest BCUT2D eigenvalue weighted by atomic mass is 9.96. The van der Waals surface area contributed by atoms with E-state index in [1.807, 2.05) is 0 Å². The van der Waals surface area contributed by atoms with E-state index in [1.165, 1.54) is 45.0 Å². The lowest BCUT2D eigenvalue weighted by molar-refractivity contribution is -0.137. The third kappa shape index (κ3) is 18.5. The summed E-state index contributed by atoms with van der Waals surface area (Å²) in [5, 5.41) is 31.4. The number of ketones is 1. The second-order valence-corrected chi connectivity index (χ2v) is 15.4. The molecule has 1 aromatic carbocycles. The van der Waals surface area contributed by atoms with Crippen molar-refractivity contribution in [2.75, 3.05) is 13.1 Å². The Morgan fingerprint density at radius 3 is 1.92 bits per heavy atom. The number of rotatable bonds is 16. The summed E-state index contributed by atoms with van der Waals surface area (Å²) in [6.45, 7) is 6.17. The Bertz CT molecular complexity index is 1930. The molecular weight excluding hydrogens is 843 g/mol. The normalized spacial score (nSPS) is 21.9. The summed E-state index contributed by atoms with van der Waals surface area (Å²) in [4.78, 5) is 156. The Hall–Kier alpha value is -7.14. The molecule has 0 aliphatic carbocycles. The van der Waals surface area contributed by atoms with Crippen LogP contribution in [0, 0.1) is 5.92 Å². The van der Waals surface area contributed by atoms with Crippen molar-refractivity contribution in [1.82, 2.24) is 47.9 Å². The number of amides is 11. The average molecular weight is 902 g/mol. The second-order valence-electron chi connectivity index (χ2n) is 15.4. The highest BCUT2D eigenvalue weighted by molar-refractivity contribution is 5.99. The van der Waals surface area contributed by atoms with Gasteiger partial charge in [0.25, 0.3) is 0 Å². The molecule has 352 valence electrons. The summed E-state index contributed by atoms with van der Waals surface area (Å²) in [7, 11) is 0. The van der Waals surface area contributed by atoms with E-state index in [0.717, 1.165) is 0 Å². The molecule has 0 radical (unpaired) electrons. The molecule has 0 unspecified atom stereocenters. The maximum absolute atomic E-state index is 13.9. The largest absolute Gasteiger partial charge is 0.508 e. The maximum Gasteiger partial charge on any atom is 0.243 e. The number of carbonyl (C=O) groups excluding carboxylic acids is 12. The minimum absolute atomic E-state index is 0.0708. The summed E-state index contributed by atoms with van der Waals surface area (Å²) < 4.78 is 0. The fourth-order valence-corrected chi connectivity index (χ4v) is 6.01. The van der Waals surface area contributed by atoms with Gasteiger partial charge in [0.2, 0.25) is 65.0 Å². The van der Waals surface area contributed by atoms with E-state index in [4.69, 9.17) is 11.5 Å². The van der Waals surface area contributed by atoms with E-state index in [9.17, 15) is 62.6 Å². The number of hydrogen-bond donors (Lipinski definition) is 12. The van der Waals surface area contributed by atoms with Crippen LogP contribution in [-0.4, -0.2) is 131 Å². The molecule has 2 rings (SSSR count). The predicted molar refractivity (Wildman–Crippen MR) is 224 cm³/mol. The zero-order valence-electron chi connectivity index (χ0n) is 36.3. The summed E-state index contributed by atoms with van der Waals surface area (Å²) in [5.41, 5.74) is 11.2. The summed E-state index contributed by atoms with van der Waals surface area (Å²) in [5.74, 6) is -11.3. The SMILES string of the molecule is CC[C@H](C)[C@@H]1NC(=O)[C@H](Cc2ccc(O)cc2)NC(=O)CNC(=O)CC[C@@H](C(=O)N[C@@H](C)C(=O)N[C@@H](C)C(=O)NCC(C)=O)NC(=O)[C@H](CC(N)=O)NC(=O)[C@H](CCC(N)=O)NC1=O. The van der Waals surface area contributed by atoms with Crippen LogP contribution in [0.1, 0.15) is 78.7 Å². The quantitative estimate of drug-likeness (QED) is 0.0742. The first kappa shape index (κ1) is 53.0. The molecule has 24 nitrogen and oxygen atoms in total. The van der Waals surface area contributed by atoms with Gasteiger partial charge in [0, 0.05) is 19.3 Å². The van der Waals surface area contributed by atoms with Crippen molar-refractivity contribution in [2.45, 2.75) is 122 Å². The molecule has 1 saturated heterocycles. The Balaban J connectivity index is 2.56. The van der Waals surface area contributed by atoms with E-state index in [0.29, 0.717) is 12.0 Å². The average Bonchev–Trinajstić information content (AvgIpc) is 3.22. The number of hydrogen-bond acceptors (Lipinski definition) is 13. The maximum atomic E-state index is 13.9. The third-order valence-corrected chi connectivity index (χ3v) is 9.93. The molecule has 0 saturated carbocycles. The minimum atomic E-state index is -1.82. The van der Waals surface area contributed by atoms with Gasteiger partial charge in [-0.15, -0.1) is 0 Å². The van der Waals surface area contributed by atoms with E-state index in [2.05, 4.69) is 47.9 Å². The van der Waals surface area contributed by atoms with Crippen LogP contribution in [0.2, 0.25) is 0 Å². The lowest BCUT2D eigenvalue weighted by Gasteiger charge is -2.29. The Kier molecular flexibility index (Phi) is 21.3. The van der Waals surface area contributed by atoms with Gasteiger partial charge >= 0.3 is 0 Å². The summed E-state index contributed by atoms with van der Waals surface area (Å²) in [6, 6.07) is -4.63. The zero-order chi connectivity index (χ0) is 48.3. The van der Waals surface area contributed by atoms with Gasteiger partial charge in [0.05, 0.1) is 19.5 Å². The highest BCUT2D eigenvalue weighted by Gasteiger charge is 2.36. The number of nitrogens with one attached hydrogen (secondary N) is 9. The van der Waals surface area contributed by atoms with Crippen LogP contribution in [0.15, 0.2) is 24.3 Å². The van der Waals surface area contributed by atoms with Crippen LogP contribution >= 0.6 is 0 Å². The van der Waals surface area contributed by atoms with Crippen LogP contribution in [0.5, 0.6) is 5.75 Å². The van der Waals surface area contributed by atoms with E-state index in [1.54, 1.807) is 13.8 Å². The number of nitrogens with two attached hydrogens (primary N) is 2. The van der Waals surface area contributed by atoms with Crippen LogP contribution in [0.4, 0.5) is 0 Å². The van der Waals surface area contributed by atoms with Crippen LogP contribution < -0.4 is 59.3 Å². The number of primary amides is 2. The highest BCUT2D eigenvalue weighted by atomic mass is 16.3. The van der Waals surface area contributed by atoms with Gasteiger partial charge in [-0.3, -0.25) is 57.5 Å². The molecule has 8 atom stereocenters. The second kappa shape index (κ2) is 25.7. The molecule has 1 aromatic rings. The third-order valence-electron chi connectivity index (χ3n) is 9.93. The van der Waals surface area contributed by atoms with Crippen molar-refractivity contribution in [3.63, 3.8) is 0 Å². The molecule has 1 aliphatic rings. The number of carbonyl (C=O) groups is 12. The smallest absolute Gasteiger partial charge is 0.243 e. The zero-order valence-corrected chi connectivity index (χ0v) is 36.3. The Morgan fingerprint density at radius 2 is 1.33 bits per heavy atom. The van der Waals surface area contributed by atoms with Crippen molar-refractivity contribution in [3.8, 4) is 5.75 Å². The van der Waals surface area contributed by atoms with Gasteiger partial charge < -0.3 is 64.4 Å². The number of phenolic OH excluding ortho intramolecular Hbond substituents is 1. The fourth-order valence-electron chi connectivity index (χ4n) is 6.01. The summed E-state index contributed by atoms with van der Waals surface area (Å²) in [6.07, 6.45) is -2.60. The van der Waals surface area contributed by atoms with Crippen molar-refractivity contribution < 1.29 is 62.6 Å². The first-order valence-electron chi connectivity index (χ1n) is 20.5. The standard InChI is InChI=1S/C40H59N11O13/c1-6-19(2)33-40(64)49-25(11-13-29(41)54)37(61)50-28(16-30(42)55)38(62)48-26(36(60)46-22(5)35(59)45-21(4)34(58)44-17-20(3)52)12-14-31(56)43-18-32(57)47-27(39(63)51-33)15-23-7-9-24(53)10-8-23/h7-10,19,21-22,25-28,33,53H,6,11-18H2,1-5H3,(H2,41,54)(H2,42,55)(H,43,56)(H,44,58)(H,45,59)(H,46,60)(H,47,57)(H,48,62)(H,49,64)(H,50,61)(H,51,63)/t19-,21-,22-,25-,26-,27-,28-,33-/m0/s1. The van der Waals surface area contributed by atoms with Gasteiger partial charge in [-0.25, -0.2) is 0 Å². The number of benzene rings is 1. The number of Topliss-reactive ketones (excluding diaryl/α,β-unsaturated/α-hetero) is 1. The molecule has 14 N–H and O–H groups in total. The Labute approximate surface area is 368 Å². The molecule has 0 bridgehead atoms. The first-order chi connectivity index (χ1) is 30.0. The van der Waals surface area contributed by atoms with Gasteiger partial charge in [-0.2, -0.15) is 0 Å². The van der Waals surface area contributed by atoms with Gasteiger partial charge in [-0.1, -0.05) is 32.4 Å². The van der Waals surface area contributed by atoms with Crippen molar-refractivity contribution in [3.05, 3.63) is 29.8 Å². The predicted octanol–water partition coefficient (Wildman–Crippen LogP) is -4.83. The van der Waals surface area contributed by atoms with E-state index in [-0.39, 0.29) is 24.5 Å². The number of aromatic hydroxyl groups is 1. The van der Waals surface area contributed by atoms with Crippen molar-refractivity contribution in [1.29, 1.82) is 0 Å². The first-order valence-corrected chi connectivity index (χ1v) is 20.5. The van der Waals surface area contributed by atoms with Gasteiger partial charge in [-0.05, 0) is 57.2 Å². The van der Waals surface area contributed by atoms with Gasteiger partial charge in [0.15, 0.2) is 0 Å². The van der Waals surface area contributed by atoms with Crippen LogP contribution in [0.25, 0.3) is 0 Å². The molecule has 1 aliphatic heterocycles. The van der Waals surface area contributed by atoms with E-state index >= 15 is 0 Å². The Morgan fingerprint density at radius 1 is 0.734 bits per heavy atom. The minimum Gasteiger partial charge on any atom is -0.508 e. The molecule has 0 aromatic heterocycles. The molecule has 64 heavy (non-hydrogen) atoms. The molecule has 11 amide bonds. The number of phenols is 1. The molecule has 0 spiro atoms. The van der Waals surface area contributed by atoms with E-state index < -0.39 is 152 Å². The topological polar surface area (TPSA) is 385 Å². The molecule has 1 heterocycles. The van der Waals surface area contributed by atoms with Crippen LogP contribution in [-0.2, 0) is 64.0 Å². The highest BCUT2D eigenvalue weighted by Crippen LogP contribution is 2.14. The van der Waals surface area contributed by atoms with Crippen molar-refractivity contribution >= 4 is 70.8 Å². The van der Waals surface area contributed by atoms with Gasteiger partial charge in [0.1, 0.15) is 53.8 Å². The fraction of sp³-hybridized carbons (Fsp3) is 0.550. The van der Waals surface area contributed by atoms with Crippen LogP contribution in [0.3, 0.4) is 0 Å². The van der Waals surface area contributed by atoms with Crippen molar-refractivity contribution in [2.24, 2.45) is 17.4 Å². The molecular formula is C40H59N11O13. The monoisotopic (exact) mass is 901 g/mol. The molecule has 24 heteroatoms. The molecule has 1 fully saturated rings. The lowest BCUT2D eigenvalue weighted by Crippen LogP contribution is -2.61.